The van der Waals surface area contributed by atoms with Crippen molar-refractivity contribution in [3.05, 3.63) is 35.9 Å². The molecule has 3 nitrogen and oxygen atoms in total. The minimum atomic E-state index is -0.798. The van der Waals surface area contributed by atoms with Crippen LogP contribution in [0.25, 0.3) is 0 Å². The van der Waals surface area contributed by atoms with Crippen LogP contribution in [0.1, 0.15) is 38.2 Å². The lowest BCUT2D eigenvalue weighted by atomic mass is 9.94. The van der Waals surface area contributed by atoms with Gasteiger partial charge in [-0.25, -0.2) is 0 Å². The highest BCUT2D eigenvalue weighted by molar-refractivity contribution is 5.72. The SMILES string of the molecule is CCCC(CN[C@@H](C)C(=O)O)c1ccccc1. The molecule has 3 heteroatoms. The van der Waals surface area contributed by atoms with Gasteiger partial charge in [-0.3, -0.25) is 4.79 Å². The van der Waals surface area contributed by atoms with Gasteiger partial charge in [0.2, 0.25) is 0 Å². The van der Waals surface area contributed by atoms with E-state index >= 15 is 0 Å². The van der Waals surface area contributed by atoms with Crippen molar-refractivity contribution in [3.8, 4) is 0 Å². The van der Waals surface area contributed by atoms with Gasteiger partial charge in [-0.15, -0.1) is 0 Å². The monoisotopic (exact) mass is 235 g/mol. The molecule has 0 amide bonds. The van der Waals surface area contributed by atoms with Crippen molar-refractivity contribution in [1.29, 1.82) is 0 Å². The summed E-state index contributed by atoms with van der Waals surface area (Å²) in [7, 11) is 0. The van der Waals surface area contributed by atoms with E-state index in [4.69, 9.17) is 5.11 Å². The molecule has 0 saturated heterocycles. The van der Waals surface area contributed by atoms with Crippen LogP contribution in [0.15, 0.2) is 30.3 Å². The molecular formula is C14H21NO2. The van der Waals surface area contributed by atoms with Crippen molar-refractivity contribution >= 4 is 5.97 Å². The number of hydrogen-bond acceptors (Lipinski definition) is 2. The zero-order valence-corrected chi connectivity index (χ0v) is 10.5. The van der Waals surface area contributed by atoms with Crippen molar-refractivity contribution < 1.29 is 9.90 Å². The number of hydrogen-bond donors (Lipinski definition) is 2. The van der Waals surface area contributed by atoms with Crippen LogP contribution in [0, 0.1) is 0 Å². The van der Waals surface area contributed by atoms with E-state index in [-0.39, 0.29) is 0 Å². The molecule has 0 aliphatic heterocycles. The summed E-state index contributed by atoms with van der Waals surface area (Å²) in [5, 5.41) is 11.9. The number of benzene rings is 1. The Labute approximate surface area is 103 Å². The Hall–Kier alpha value is -1.35. The molecule has 2 atom stereocenters. The summed E-state index contributed by atoms with van der Waals surface area (Å²) in [6.07, 6.45) is 2.17. The fourth-order valence-corrected chi connectivity index (χ4v) is 1.87. The summed E-state index contributed by atoms with van der Waals surface area (Å²) in [6, 6.07) is 9.77. The van der Waals surface area contributed by atoms with Crippen molar-refractivity contribution in [2.45, 2.75) is 38.6 Å². The Morgan fingerprint density at radius 2 is 2.00 bits per heavy atom. The summed E-state index contributed by atoms with van der Waals surface area (Å²) in [5.74, 6) is -0.406. The molecule has 2 N–H and O–H groups in total. The predicted molar refractivity (Wildman–Crippen MR) is 69.2 cm³/mol. The molecule has 0 spiro atoms. The molecule has 0 aliphatic rings. The average molecular weight is 235 g/mol. The van der Waals surface area contributed by atoms with Crippen LogP contribution in [-0.4, -0.2) is 23.7 Å². The first kappa shape index (κ1) is 13.7. The maximum Gasteiger partial charge on any atom is 0.320 e. The lowest BCUT2D eigenvalue weighted by Gasteiger charge is -2.19. The van der Waals surface area contributed by atoms with Crippen LogP contribution in [0.5, 0.6) is 0 Å². The molecule has 0 radical (unpaired) electrons. The fraction of sp³-hybridized carbons (Fsp3) is 0.500. The molecular weight excluding hydrogens is 214 g/mol. The molecule has 94 valence electrons. The maximum absolute atomic E-state index is 10.7. The second kappa shape index (κ2) is 7.07. The summed E-state index contributed by atoms with van der Waals surface area (Å²) in [6.45, 7) is 4.54. The Kier molecular flexibility index (Phi) is 5.70. The molecule has 17 heavy (non-hydrogen) atoms. The summed E-state index contributed by atoms with van der Waals surface area (Å²) in [5.41, 5.74) is 1.28. The molecule has 1 aromatic carbocycles. The fourth-order valence-electron chi connectivity index (χ4n) is 1.87. The van der Waals surface area contributed by atoms with E-state index in [1.54, 1.807) is 6.92 Å². The van der Waals surface area contributed by atoms with E-state index in [2.05, 4.69) is 24.4 Å². The van der Waals surface area contributed by atoms with Gasteiger partial charge < -0.3 is 10.4 Å². The van der Waals surface area contributed by atoms with Crippen LogP contribution in [0.3, 0.4) is 0 Å². The Bertz CT molecular complexity index is 337. The summed E-state index contributed by atoms with van der Waals surface area (Å²) < 4.78 is 0. The van der Waals surface area contributed by atoms with Gasteiger partial charge in [0, 0.05) is 6.54 Å². The number of aliphatic carboxylic acids is 1. The summed E-state index contributed by atoms with van der Waals surface area (Å²) >= 11 is 0. The zero-order chi connectivity index (χ0) is 12.7. The maximum atomic E-state index is 10.7. The largest absolute Gasteiger partial charge is 0.480 e. The lowest BCUT2D eigenvalue weighted by molar-refractivity contribution is -0.139. The number of rotatable bonds is 7. The first-order chi connectivity index (χ1) is 8.15. The Balaban J connectivity index is 2.58. The van der Waals surface area contributed by atoms with Gasteiger partial charge in [-0.1, -0.05) is 43.7 Å². The summed E-state index contributed by atoms with van der Waals surface area (Å²) in [4.78, 5) is 10.7. The number of carbonyl (C=O) groups is 1. The molecule has 1 rings (SSSR count). The quantitative estimate of drug-likeness (QED) is 0.764. The molecule has 1 aromatic rings. The van der Waals surface area contributed by atoms with Gasteiger partial charge in [0.15, 0.2) is 0 Å². The molecule has 0 heterocycles. The highest BCUT2D eigenvalue weighted by Crippen LogP contribution is 2.20. The highest BCUT2D eigenvalue weighted by Gasteiger charge is 2.14. The van der Waals surface area contributed by atoms with Crippen molar-refractivity contribution in [1.82, 2.24) is 5.32 Å². The molecule has 1 unspecified atom stereocenters. The third kappa shape index (κ3) is 4.57. The van der Waals surface area contributed by atoms with Crippen LogP contribution < -0.4 is 5.32 Å². The number of carboxylic acids is 1. The standard InChI is InChI=1S/C14H21NO2/c1-3-7-13(10-15-11(2)14(16)17)12-8-5-4-6-9-12/h4-6,8-9,11,13,15H,3,7,10H2,1-2H3,(H,16,17)/t11-,13?/m0/s1. The number of nitrogens with one attached hydrogen (secondary N) is 1. The third-order valence-electron chi connectivity index (χ3n) is 2.95. The van der Waals surface area contributed by atoms with E-state index in [0.29, 0.717) is 12.5 Å². The smallest absolute Gasteiger partial charge is 0.320 e. The molecule has 0 bridgehead atoms. The first-order valence-electron chi connectivity index (χ1n) is 6.16. The lowest BCUT2D eigenvalue weighted by Crippen LogP contribution is -2.36. The third-order valence-corrected chi connectivity index (χ3v) is 2.95. The number of carboxylic acid groups (broad SMARTS) is 1. The van der Waals surface area contributed by atoms with Crippen molar-refractivity contribution in [3.63, 3.8) is 0 Å². The molecule has 0 saturated carbocycles. The highest BCUT2D eigenvalue weighted by atomic mass is 16.4. The second-order valence-electron chi connectivity index (χ2n) is 4.36. The minimum Gasteiger partial charge on any atom is -0.480 e. The zero-order valence-electron chi connectivity index (χ0n) is 10.5. The van der Waals surface area contributed by atoms with Crippen LogP contribution in [-0.2, 0) is 4.79 Å². The van der Waals surface area contributed by atoms with Gasteiger partial charge >= 0.3 is 5.97 Å². The van der Waals surface area contributed by atoms with Gasteiger partial charge in [0.05, 0.1) is 0 Å². The minimum absolute atomic E-state index is 0.392. The molecule has 0 aliphatic carbocycles. The van der Waals surface area contributed by atoms with Crippen LogP contribution in [0.2, 0.25) is 0 Å². The van der Waals surface area contributed by atoms with Crippen molar-refractivity contribution in [2.24, 2.45) is 0 Å². The Morgan fingerprint density at radius 1 is 1.35 bits per heavy atom. The van der Waals surface area contributed by atoms with E-state index in [1.807, 2.05) is 18.2 Å². The topological polar surface area (TPSA) is 49.3 Å². The van der Waals surface area contributed by atoms with Gasteiger partial charge in [0.1, 0.15) is 6.04 Å². The molecule has 0 aromatic heterocycles. The van der Waals surface area contributed by atoms with Gasteiger partial charge in [-0.2, -0.15) is 0 Å². The van der Waals surface area contributed by atoms with E-state index in [9.17, 15) is 4.79 Å². The Morgan fingerprint density at radius 3 is 2.53 bits per heavy atom. The molecule has 0 fully saturated rings. The normalized spacial score (nSPS) is 14.2. The van der Waals surface area contributed by atoms with Crippen LogP contribution >= 0.6 is 0 Å². The van der Waals surface area contributed by atoms with E-state index < -0.39 is 12.0 Å². The second-order valence-corrected chi connectivity index (χ2v) is 4.36. The van der Waals surface area contributed by atoms with Gasteiger partial charge in [0.25, 0.3) is 0 Å². The van der Waals surface area contributed by atoms with E-state index in [1.165, 1.54) is 5.56 Å². The van der Waals surface area contributed by atoms with E-state index in [0.717, 1.165) is 12.8 Å². The van der Waals surface area contributed by atoms with Gasteiger partial charge in [-0.05, 0) is 24.8 Å². The first-order valence-corrected chi connectivity index (χ1v) is 6.16. The average Bonchev–Trinajstić information content (AvgIpc) is 2.35. The van der Waals surface area contributed by atoms with Crippen LogP contribution in [0.4, 0.5) is 0 Å². The van der Waals surface area contributed by atoms with Crippen molar-refractivity contribution in [2.75, 3.05) is 6.54 Å². The predicted octanol–water partition coefficient (Wildman–Crippen LogP) is 2.63.